The van der Waals surface area contributed by atoms with E-state index in [4.69, 9.17) is 10.5 Å². The molecule has 0 saturated carbocycles. The summed E-state index contributed by atoms with van der Waals surface area (Å²) in [4.78, 5) is 7.19. The Morgan fingerprint density at radius 1 is 1.04 bits per heavy atom. The Kier molecular flexibility index (Phi) is 6.12. The van der Waals surface area contributed by atoms with Crippen LogP contribution >= 0.6 is 0 Å². The second-order valence-electron chi connectivity index (χ2n) is 7.80. The number of para-hydroxylation sites is 1. The van der Waals surface area contributed by atoms with Gasteiger partial charge in [0.2, 0.25) is 0 Å². The third-order valence-electron chi connectivity index (χ3n) is 5.76. The Bertz CT molecular complexity index is 784. The van der Waals surface area contributed by atoms with Crippen LogP contribution in [0.4, 0.5) is 0 Å². The van der Waals surface area contributed by atoms with Crippen LogP contribution in [0.15, 0.2) is 59.6 Å². The van der Waals surface area contributed by atoms with Crippen molar-refractivity contribution in [2.45, 2.75) is 31.8 Å². The van der Waals surface area contributed by atoms with Gasteiger partial charge in [0.05, 0.1) is 12.6 Å². The fourth-order valence-corrected chi connectivity index (χ4v) is 4.11. The first-order chi connectivity index (χ1) is 13.8. The van der Waals surface area contributed by atoms with Gasteiger partial charge in [0.1, 0.15) is 5.75 Å². The molecule has 1 saturated heterocycles. The average Bonchev–Trinajstić information content (AvgIpc) is 2.74. The third-order valence-corrected chi connectivity index (χ3v) is 5.76. The van der Waals surface area contributed by atoms with Gasteiger partial charge in [-0.15, -0.1) is 0 Å². The number of nitrogens with one attached hydrogen (secondary N) is 1. The Balaban J connectivity index is 1.24. The number of hydrogen-bond donors (Lipinski definition) is 2. The van der Waals surface area contributed by atoms with Gasteiger partial charge in [-0.25, -0.2) is 0 Å². The van der Waals surface area contributed by atoms with Crippen LogP contribution in [0.5, 0.6) is 5.75 Å². The summed E-state index contributed by atoms with van der Waals surface area (Å²) in [5.74, 6) is 2.12. The topological polar surface area (TPSA) is 62.9 Å². The Hall–Kier alpha value is -2.53. The van der Waals surface area contributed by atoms with Crippen molar-refractivity contribution in [2.24, 2.45) is 16.6 Å². The maximum Gasteiger partial charge on any atom is 0.189 e. The summed E-state index contributed by atoms with van der Waals surface area (Å²) in [6, 6.07) is 19.1. The van der Waals surface area contributed by atoms with Crippen LogP contribution in [-0.2, 0) is 6.54 Å². The number of benzene rings is 2. The predicted molar refractivity (Wildman–Crippen MR) is 113 cm³/mol. The van der Waals surface area contributed by atoms with Crippen molar-refractivity contribution in [3.8, 4) is 5.75 Å². The van der Waals surface area contributed by atoms with Crippen molar-refractivity contribution in [2.75, 3.05) is 26.2 Å². The van der Waals surface area contributed by atoms with Crippen molar-refractivity contribution >= 4 is 5.96 Å². The summed E-state index contributed by atoms with van der Waals surface area (Å²) in [6.45, 7) is 4.83. The Labute approximate surface area is 167 Å². The van der Waals surface area contributed by atoms with Gasteiger partial charge in [-0.1, -0.05) is 48.5 Å². The number of nitrogens with zero attached hydrogens (tertiary/aromatic N) is 2. The minimum absolute atomic E-state index is 0.182. The normalized spacial score (nSPS) is 21.0. The van der Waals surface area contributed by atoms with Crippen molar-refractivity contribution in [1.82, 2.24) is 10.2 Å². The number of rotatable bonds is 5. The molecule has 2 aliphatic heterocycles. The van der Waals surface area contributed by atoms with E-state index in [0.29, 0.717) is 18.5 Å². The molecule has 1 unspecified atom stereocenters. The quantitative estimate of drug-likeness (QED) is 0.619. The zero-order chi connectivity index (χ0) is 19.2. The SMILES string of the molecule is NC(=NCC1CCN(Cc2ccccc2)CC1)NC1CCOc2ccccc21. The molecular formula is C23H30N4O. The summed E-state index contributed by atoms with van der Waals surface area (Å²) in [7, 11) is 0. The number of ether oxygens (including phenoxy) is 1. The maximum atomic E-state index is 6.20. The van der Waals surface area contributed by atoms with Gasteiger partial charge in [0, 0.05) is 25.1 Å². The summed E-state index contributed by atoms with van der Waals surface area (Å²) < 4.78 is 5.72. The highest BCUT2D eigenvalue weighted by Gasteiger charge is 2.22. The summed E-state index contributed by atoms with van der Waals surface area (Å²) in [5, 5.41) is 3.39. The number of piperidine rings is 1. The highest BCUT2D eigenvalue weighted by molar-refractivity contribution is 5.78. The number of guanidine groups is 1. The lowest BCUT2D eigenvalue weighted by Gasteiger charge is -2.31. The van der Waals surface area contributed by atoms with E-state index in [2.05, 4.69) is 51.6 Å². The van der Waals surface area contributed by atoms with Gasteiger partial charge < -0.3 is 15.8 Å². The van der Waals surface area contributed by atoms with Gasteiger partial charge in [-0.3, -0.25) is 9.89 Å². The molecule has 0 spiro atoms. The number of hydrogen-bond acceptors (Lipinski definition) is 3. The molecule has 148 valence electrons. The molecule has 0 bridgehead atoms. The molecule has 0 amide bonds. The van der Waals surface area contributed by atoms with Crippen LogP contribution in [0.2, 0.25) is 0 Å². The fourth-order valence-electron chi connectivity index (χ4n) is 4.11. The van der Waals surface area contributed by atoms with E-state index in [1.165, 1.54) is 24.0 Å². The van der Waals surface area contributed by atoms with E-state index in [9.17, 15) is 0 Å². The van der Waals surface area contributed by atoms with E-state index in [-0.39, 0.29) is 6.04 Å². The largest absolute Gasteiger partial charge is 0.493 e. The summed E-state index contributed by atoms with van der Waals surface area (Å²) >= 11 is 0. The lowest BCUT2D eigenvalue weighted by molar-refractivity contribution is 0.180. The van der Waals surface area contributed by atoms with Crippen LogP contribution < -0.4 is 15.8 Å². The molecule has 0 aromatic heterocycles. The van der Waals surface area contributed by atoms with Crippen LogP contribution in [0.1, 0.15) is 36.4 Å². The molecule has 1 atom stereocenters. The lowest BCUT2D eigenvalue weighted by atomic mass is 9.96. The molecule has 2 heterocycles. The molecule has 5 heteroatoms. The number of fused-ring (bicyclic) bond motifs is 1. The fraction of sp³-hybridized carbons (Fsp3) is 0.435. The third kappa shape index (κ3) is 4.84. The molecule has 0 aliphatic carbocycles. The molecule has 28 heavy (non-hydrogen) atoms. The molecule has 0 radical (unpaired) electrons. The van der Waals surface area contributed by atoms with E-state index >= 15 is 0 Å². The molecular weight excluding hydrogens is 348 g/mol. The van der Waals surface area contributed by atoms with Crippen LogP contribution in [0.25, 0.3) is 0 Å². The average molecular weight is 379 g/mol. The van der Waals surface area contributed by atoms with Crippen LogP contribution in [0.3, 0.4) is 0 Å². The zero-order valence-electron chi connectivity index (χ0n) is 16.4. The minimum atomic E-state index is 0.182. The smallest absolute Gasteiger partial charge is 0.189 e. The van der Waals surface area contributed by atoms with E-state index in [1.807, 2.05) is 18.2 Å². The summed E-state index contributed by atoms with van der Waals surface area (Å²) in [6.07, 6.45) is 3.28. The molecule has 4 rings (SSSR count). The molecule has 2 aromatic rings. The Morgan fingerprint density at radius 2 is 1.79 bits per heavy atom. The summed E-state index contributed by atoms with van der Waals surface area (Å²) in [5.41, 5.74) is 8.76. The Morgan fingerprint density at radius 3 is 2.61 bits per heavy atom. The van der Waals surface area contributed by atoms with Crippen LogP contribution in [-0.4, -0.2) is 37.1 Å². The predicted octanol–water partition coefficient (Wildman–Crippen LogP) is 3.33. The van der Waals surface area contributed by atoms with Crippen molar-refractivity contribution in [1.29, 1.82) is 0 Å². The van der Waals surface area contributed by atoms with Gasteiger partial charge in [-0.2, -0.15) is 0 Å². The lowest BCUT2D eigenvalue weighted by Crippen LogP contribution is -2.38. The number of likely N-dealkylation sites (tertiary alicyclic amines) is 1. The first-order valence-corrected chi connectivity index (χ1v) is 10.3. The van der Waals surface area contributed by atoms with Gasteiger partial charge in [0.15, 0.2) is 5.96 Å². The molecule has 5 nitrogen and oxygen atoms in total. The van der Waals surface area contributed by atoms with Crippen molar-refractivity contribution in [3.05, 3.63) is 65.7 Å². The van der Waals surface area contributed by atoms with Gasteiger partial charge >= 0.3 is 0 Å². The number of aliphatic imine (C=N–C) groups is 1. The minimum Gasteiger partial charge on any atom is -0.493 e. The molecule has 3 N–H and O–H groups in total. The van der Waals surface area contributed by atoms with Crippen LogP contribution in [0, 0.1) is 5.92 Å². The van der Waals surface area contributed by atoms with E-state index < -0.39 is 0 Å². The molecule has 2 aromatic carbocycles. The first kappa shape index (κ1) is 18.8. The number of nitrogens with two attached hydrogens (primary N) is 1. The monoisotopic (exact) mass is 378 g/mol. The van der Waals surface area contributed by atoms with Gasteiger partial charge in [-0.05, 0) is 43.5 Å². The first-order valence-electron chi connectivity index (χ1n) is 10.3. The highest BCUT2D eigenvalue weighted by Crippen LogP contribution is 2.31. The molecule has 2 aliphatic rings. The highest BCUT2D eigenvalue weighted by atomic mass is 16.5. The second kappa shape index (κ2) is 9.11. The van der Waals surface area contributed by atoms with Crippen molar-refractivity contribution < 1.29 is 4.74 Å². The zero-order valence-corrected chi connectivity index (χ0v) is 16.4. The van der Waals surface area contributed by atoms with E-state index in [0.717, 1.165) is 38.3 Å². The molecule has 1 fully saturated rings. The van der Waals surface area contributed by atoms with Crippen molar-refractivity contribution in [3.63, 3.8) is 0 Å². The standard InChI is InChI=1S/C23H30N4O/c24-23(26-21-12-15-28-22-9-5-4-8-20(21)22)25-16-18-10-13-27(14-11-18)17-19-6-2-1-3-7-19/h1-9,18,21H,10-17H2,(H3,24,25,26). The maximum absolute atomic E-state index is 6.20. The van der Waals surface area contributed by atoms with E-state index in [1.54, 1.807) is 0 Å². The van der Waals surface area contributed by atoms with Gasteiger partial charge in [0.25, 0.3) is 0 Å². The second-order valence-corrected chi connectivity index (χ2v) is 7.80.